The molecule has 0 fully saturated rings. The quantitative estimate of drug-likeness (QED) is 0.749. The number of rotatable bonds is 6. The van der Waals surface area contributed by atoms with E-state index in [2.05, 4.69) is 10.0 Å². The van der Waals surface area contributed by atoms with Gasteiger partial charge in [0.25, 0.3) is 5.91 Å². The summed E-state index contributed by atoms with van der Waals surface area (Å²) in [5, 5.41) is 3.32. The third-order valence-corrected chi connectivity index (χ3v) is 5.58. The van der Waals surface area contributed by atoms with E-state index in [0.29, 0.717) is 15.6 Å². The minimum absolute atomic E-state index is 0.0372. The molecule has 0 aromatic heterocycles. The minimum Gasteiger partial charge on any atom is -0.348 e. The summed E-state index contributed by atoms with van der Waals surface area (Å²) < 4.78 is 40.8. The second-order valence-electron chi connectivity index (χ2n) is 5.84. The maximum absolute atomic E-state index is 14.0. The molecular weight excluding hydrogens is 402 g/mol. The molecule has 1 amide bonds. The van der Waals surface area contributed by atoms with Gasteiger partial charge in [-0.05, 0) is 49.7 Å². The van der Waals surface area contributed by atoms with Gasteiger partial charge in [0.05, 0.1) is 10.5 Å². The summed E-state index contributed by atoms with van der Waals surface area (Å²) in [7, 11) is -3.84. The number of hydrogen-bond acceptors (Lipinski definition) is 3. The molecule has 140 valence electrons. The zero-order chi connectivity index (χ0) is 19.5. The normalized spacial score (nSPS) is 11.6. The Hall–Kier alpha value is -1.67. The summed E-state index contributed by atoms with van der Waals surface area (Å²) >= 11 is 11.8. The molecule has 2 N–H and O–H groups in total. The fourth-order valence-electron chi connectivity index (χ4n) is 2.16. The number of sulfonamides is 1. The van der Waals surface area contributed by atoms with Crippen molar-refractivity contribution in [3.63, 3.8) is 0 Å². The molecule has 0 spiro atoms. The third-order valence-electron chi connectivity index (χ3n) is 3.34. The summed E-state index contributed by atoms with van der Waals surface area (Å²) in [6.07, 6.45) is 0. The first-order valence-corrected chi connectivity index (χ1v) is 9.88. The fourth-order valence-corrected chi connectivity index (χ4v) is 3.91. The van der Waals surface area contributed by atoms with Gasteiger partial charge >= 0.3 is 0 Å². The zero-order valence-electron chi connectivity index (χ0n) is 14.0. The van der Waals surface area contributed by atoms with Crippen molar-refractivity contribution in [2.24, 2.45) is 0 Å². The van der Waals surface area contributed by atoms with Crippen molar-refractivity contribution in [2.75, 3.05) is 0 Å². The van der Waals surface area contributed by atoms with Crippen LogP contribution in [0.5, 0.6) is 0 Å². The maximum atomic E-state index is 14.0. The number of halogens is 3. The molecule has 0 heterocycles. The molecule has 0 aliphatic rings. The van der Waals surface area contributed by atoms with Crippen LogP contribution >= 0.6 is 23.2 Å². The molecule has 5 nitrogen and oxygen atoms in total. The highest BCUT2D eigenvalue weighted by Crippen LogP contribution is 2.21. The number of benzene rings is 2. The first-order valence-electron chi connectivity index (χ1n) is 7.64. The smallest absolute Gasteiger partial charge is 0.254 e. The van der Waals surface area contributed by atoms with Gasteiger partial charge < -0.3 is 5.32 Å². The van der Waals surface area contributed by atoms with Crippen LogP contribution in [0.4, 0.5) is 4.39 Å². The van der Waals surface area contributed by atoms with Crippen molar-refractivity contribution >= 4 is 39.1 Å². The number of amides is 1. The van der Waals surface area contributed by atoms with Gasteiger partial charge in [-0.3, -0.25) is 4.79 Å². The summed E-state index contributed by atoms with van der Waals surface area (Å²) in [5.41, 5.74) is 0.219. The fraction of sp³-hybridized carbons (Fsp3) is 0.235. The second kappa shape index (κ2) is 8.35. The van der Waals surface area contributed by atoms with E-state index in [9.17, 15) is 17.6 Å². The largest absolute Gasteiger partial charge is 0.348 e. The highest BCUT2D eigenvalue weighted by atomic mass is 35.5. The lowest BCUT2D eigenvalue weighted by Gasteiger charge is -2.12. The lowest BCUT2D eigenvalue weighted by atomic mass is 10.2. The Kier molecular flexibility index (Phi) is 6.63. The van der Waals surface area contributed by atoms with Crippen molar-refractivity contribution in [1.29, 1.82) is 0 Å². The van der Waals surface area contributed by atoms with Gasteiger partial charge in [0.1, 0.15) is 5.82 Å². The van der Waals surface area contributed by atoms with Crippen LogP contribution in [0, 0.1) is 5.82 Å². The average Bonchev–Trinajstić information content (AvgIpc) is 2.52. The van der Waals surface area contributed by atoms with Crippen LogP contribution < -0.4 is 10.0 Å². The van der Waals surface area contributed by atoms with Crippen molar-refractivity contribution in [3.8, 4) is 0 Å². The zero-order valence-corrected chi connectivity index (χ0v) is 16.3. The van der Waals surface area contributed by atoms with Crippen molar-refractivity contribution in [2.45, 2.75) is 31.3 Å². The summed E-state index contributed by atoms with van der Waals surface area (Å²) in [4.78, 5) is 12.1. The van der Waals surface area contributed by atoms with Gasteiger partial charge in [-0.25, -0.2) is 17.5 Å². The summed E-state index contributed by atoms with van der Waals surface area (Å²) in [6.45, 7) is 3.35. The Labute approximate surface area is 161 Å². The Bertz CT molecular complexity index is 934. The molecule has 0 unspecified atom stereocenters. The van der Waals surface area contributed by atoms with E-state index in [1.165, 1.54) is 6.07 Å². The maximum Gasteiger partial charge on any atom is 0.254 e. The van der Waals surface area contributed by atoms with Crippen LogP contribution in [0.25, 0.3) is 0 Å². The molecule has 0 aliphatic carbocycles. The Morgan fingerprint density at radius 3 is 2.46 bits per heavy atom. The molecule has 0 aliphatic heterocycles. The predicted octanol–water partition coefficient (Wildman–Crippen LogP) is 3.75. The highest BCUT2D eigenvalue weighted by molar-refractivity contribution is 7.89. The molecule has 2 rings (SSSR count). The number of carbonyl (C=O) groups is 1. The SMILES string of the molecule is CC(C)NS(=O)(=O)c1ccc(F)c(C(=O)NCc2ccc(Cl)cc2Cl)c1. The number of carbonyl (C=O) groups excluding carboxylic acids is 1. The highest BCUT2D eigenvalue weighted by Gasteiger charge is 2.20. The van der Waals surface area contributed by atoms with Crippen molar-refractivity contribution < 1.29 is 17.6 Å². The van der Waals surface area contributed by atoms with Crippen LogP contribution in [0.2, 0.25) is 10.0 Å². The van der Waals surface area contributed by atoms with E-state index in [-0.39, 0.29) is 23.0 Å². The van der Waals surface area contributed by atoms with Crippen LogP contribution in [-0.2, 0) is 16.6 Å². The second-order valence-corrected chi connectivity index (χ2v) is 8.39. The average molecular weight is 419 g/mol. The van der Waals surface area contributed by atoms with Gasteiger partial charge in [0.2, 0.25) is 10.0 Å². The third kappa shape index (κ3) is 5.17. The van der Waals surface area contributed by atoms with Crippen LogP contribution in [-0.4, -0.2) is 20.4 Å². The van der Waals surface area contributed by atoms with Crippen LogP contribution in [0.3, 0.4) is 0 Å². The van der Waals surface area contributed by atoms with E-state index in [1.54, 1.807) is 26.0 Å². The van der Waals surface area contributed by atoms with Gasteiger partial charge in [-0.15, -0.1) is 0 Å². The van der Waals surface area contributed by atoms with Gasteiger partial charge in [-0.1, -0.05) is 29.3 Å². The van der Waals surface area contributed by atoms with Gasteiger partial charge in [0, 0.05) is 22.6 Å². The molecule has 9 heteroatoms. The lowest BCUT2D eigenvalue weighted by molar-refractivity contribution is 0.0946. The van der Waals surface area contributed by atoms with E-state index in [0.717, 1.165) is 18.2 Å². The Morgan fingerprint density at radius 1 is 1.15 bits per heavy atom. The summed E-state index contributed by atoms with van der Waals surface area (Å²) in [5.74, 6) is -1.58. The molecule has 2 aromatic rings. The molecule has 0 atom stereocenters. The van der Waals surface area contributed by atoms with Crippen molar-refractivity contribution in [3.05, 3.63) is 63.4 Å². The number of hydrogen-bond donors (Lipinski definition) is 2. The molecule has 0 bridgehead atoms. The first-order chi connectivity index (χ1) is 12.1. The van der Waals surface area contributed by atoms with Crippen LogP contribution in [0.1, 0.15) is 29.8 Å². The predicted molar refractivity (Wildman–Crippen MR) is 99.5 cm³/mol. The van der Waals surface area contributed by atoms with Crippen LogP contribution in [0.15, 0.2) is 41.3 Å². The van der Waals surface area contributed by atoms with Gasteiger partial charge in [-0.2, -0.15) is 0 Å². The van der Waals surface area contributed by atoms with Crippen molar-refractivity contribution in [1.82, 2.24) is 10.0 Å². The molecule has 0 saturated carbocycles. The Balaban J connectivity index is 2.22. The van der Waals surface area contributed by atoms with Gasteiger partial charge in [0.15, 0.2) is 0 Å². The topological polar surface area (TPSA) is 75.3 Å². The minimum atomic E-state index is -3.84. The molecule has 2 aromatic carbocycles. The first kappa shape index (κ1) is 20.6. The van der Waals surface area contributed by atoms with E-state index < -0.39 is 21.7 Å². The lowest BCUT2D eigenvalue weighted by Crippen LogP contribution is -2.31. The Morgan fingerprint density at radius 2 is 1.85 bits per heavy atom. The molecule has 0 saturated heterocycles. The van der Waals surface area contributed by atoms with E-state index >= 15 is 0 Å². The molecule has 0 radical (unpaired) electrons. The standard InChI is InChI=1S/C17H17Cl2FN2O3S/c1-10(2)22-26(24,25)13-5-6-16(20)14(8-13)17(23)21-9-11-3-4-12(18)7-15(11)19/h3-8,10,22H,9H2,1-2H3,(H,21,23). The monoisotopic (exact) mass is 418 g/mol. The summed E-state index contributed by atoms with van der Waals surface area (Å²) in [6, 6.07) is 7.48. The number of nitrogens with one attached hydrogen (secondary N) is 2. The molecular formula is C17H17Cl2FN2O3S. The van der Waals surface area contributed by atoms with E-state index in [1.807, 2.05) is 0 Å². The van der Waals surface area contributed by atoms with E-state index in [4.69, 9.17) is 23.2 Å². The molecule has 26 heavy (non-hydrogen) atoms.